The summed E-state index contributed by atoms with van der Waals surface area (Å²) in [4.78, 5) is 11.9. The minimum absolute atomic E-state index is 0.275. The van der Waals surface area contributed by atoms with E-state index in [-0.39, 0.29) is 11.4 Å². The number of hydrogen-bond donors (Lipinski definition) is 2. The third-order valence-electron chi connectivity index (χ3n) is 4.95. The zero-order valence-electron chi connectivity index (χ0n) is 15.8. The Labute approximate surface area is 168 Å². The normalized spacial score (nSPS) is 11.0. The molecule has 0 amide bonds. The van der Waals surface area contributed by atoms with Crippen LogP contribution in [0, 0.1) is 19.7 Å². The molecule has 0 saturated carbocycles. The van der Waals surface area contributed by atoms with Crippen molar-refractivity contribution in [3.63, 3.8) is 0 Å². The van der Waals surface area contributed by atoms with Gasteiger partial charge in [0.25, 0.3) is 0 Å². The molecule has 146 valence electrons. The summed E-state index contributed by atoms with van der Waals surface area (Å²) in [5.41, 5.74) is 4.02. The smallest absolute Gasteiger partial charge is 0.337 e. The maximum absolute atomic E-state index is 14.1. The third kappa shape index (κ3) is 4.26. The van der Waals surface area contributed by atoms with Crippen molar-refractivity contribution < 1.29 is 14.3 Å². The van der Waals surface area contributed by atoms with Crippen molar-refractivity contribution in [2.45, 2.75) is 33.5 Å². The average molecular weight is 401 g/mol. The molecular weight excluding hydrogens is 379 g/mol. The SMILES string of the molecule is Cc1c(CNCc2ccc(Cl)cc2)c(C(=O)O)c(C)n1Cc1ccccc1F. The van der Waals surface area contributed by atoms with Gasteiger partial charge in [-0.25, -0.2) is 9.18 Å². The van der Waals surface area contributed by atoms with Crippen molar-refractivity contribution in [3.8, 4) is 0 Å². The molecule has 1 heterocycles. The second-order valence-corrected chi connectivity index (χ2v) is 7.17. The summed E-state index contributed by atoms with van der Waals surface area (Å²) in [6.45, 7) is 4.93. The Balaban J connectivity index is 1.84. The number of carboxylic acid groups (broad SMARTS) is 1. The van der Waals surface area contributed by atoms with Gasteiger partial charge in [0.15, 0.2) is 0 Å². The van der Waals surface area contributed by atoms with Crippen LogP contribution in [0.3, 0.4) is 0 Å². The molecule has 3 aromatic rings. The fourth-order valence-electron chi connectivity index (χ4n) is 3.42. The van der Waals surface area contributed by atoms with E-state index in [1.54, 1.807) is 25.1 Å². The zero-order chi connectivity index (χ0) is 20.3. The number of nitrogens with zero attached hydrogens (tertiary/aromatic N) is 1. The molecule has 0 fully saturated rings. The molecule has 0 saturated heterocycles. The number of aromatic carboxylic acids is 1. The fraction of sp³-hybridized carbons (Fsp3) is 0.227. The highest BCUT2D eigenvalue weighted by Crippen LogP contribution is 2.24. The number of rotatable bonds is 7. The van der Waals surface area contributed by atoms with Crippen LogP contribution in [0.2, 0.25) is 5.02 Å². The van der Waals surface area contributed by atoms with E-state index in [0.29, 0.717) is 35.9 Å². The summed E-state index contributed by atoms with van der Waals surface area (Å²) >= 11 is 5.90. The van der Waals surface area contributed by atoms with Crippen LogP contribution in [0.1, 0.15) is 38.4 Å². The van der Waals surface area contributed by atoms with Gasteiger partial charge in [-0.2, -0.15) is 0 Å². The van der Waals surface area contributed by atoms with Crippen molar-refractivity contribution in [3.05, 3.63) is 93.0 Å². The van der Waals surface area contributed by atoms with Crippen LogP contribution in [-0.2, 0) is 19.6 Å². The van der Waals surface area contributed by atoms with Gasteiger partial charge in [-0.15, -0.1) is 0 Å². The Bertz CT molecular complexity index is 997. The Hall–Kier alpha value is -2.63. The molecule has 0 spiro atoms. The molecule has 0 bridgehead atoms. The van der Waals surface area contributed by atoms with Crippen molar-refractivity contribution in [1.29, 1.82) is 0 Å². The van der Waals surface area contributed by atoms with Crippen molar-refractivity contribution in [2.24, 2.45) is 0 Å². The topological polar surface area (TPSA) is 54.3 Å². The van der Waals surface area contributed by atoms with Crippen molar-refractivity contribution in [1.82, 2.24) is 9.88 Å². The van der Waals surface area contributed by atoms with E-state index >= 15 is 0 Å². The molecule has 0 atom stereocenters. The van der Waals surface area contributed by atoms with Gasteiger partial charge in [-0.1, -0.05) is 41.9 Å². The second-order valence-electron chi connectivity index (χ2n) is 6.74. The summed E-state index contributed by atoms with van der Waals surface area (Å²) in [6, 6.07) is 14.0. The molecule has 0 aliphatic carbocycles. The summed E-state index contributed by atoms with van der Waals surface area (Å²) in [7, 11) is 0. The summed E-state index contributed by atoms with van der Waals surface area (Å²) < 4.78 is 15.9. The van der Waals surface area contributed by atoms with E-state index in [1.807, 2.05) is 35.8 Å². The quantitative estimate of drug-likeness (QED) is 0.591. The van der Waals surface area contributed by atoms with E-state index < -0.39 is 5.97 Å². The number of aromatic nitrogens is 1. The van der Waals surface area contributed by atoms with Gasteiger partial charge in [0, 0.05) is 40.6 Å². The van der Waals surface area contributed by atoms with Gasteiger partial charge in [-0.3, -0.25) is 0 Å². The van der Waals surface area contributed by atoms with Crippen LogP contribution in [0.5, 0.6) is 0 Å². The minimum Gasteiger partial charge on any atom is -0.478 e. The monoisotopic (exact) mass is 400 g/mol. The van der Waals surface area contributed by atoms with E-state index in [0.717, 1.165) is 16.8 Å². The van der Waals surface area contributed by atoms with E-state index in [1.165, 1.54) is 6.07 Å². The first-order chi connectivity index (χ1) is 13.4. The molecule has 0 unspecified atom stereocenters. The molecule has 2 aromatic carbocycles. The van der Waals surface area contributed by atoms with E-state index in [4.69, 9.17) is 11.6 Å². The van der Waals surface area contributed by atoms with Gasteiger partial charge in [0.05, 0.1) is 12.1 Å². The molecule has 28 heavy (non-hydrogen) atoms. The Kier molecular flexibility index (Phi) is 6.17. The van der Waals surface area contributed by atoms with Gasteiger partial charge in [0.2, 0.25) is 0 Å². The minimum atomic E-state index is -0.976. The molecule has 6 heteroatoms. The van der Waals surface area contributed by atoms with Crippen LogP contribution in [0.15, 0.2) is 48.5 Å². The molecule has 0 aliphatic heterocycles. The van der Waals surface area contributed by atoms with Crippen molar-refractivity contribution >= 4 is 17.6 Å². The molecular formula is C22H22ClFN2O2. The summed E-state index contributed by atoms with van der Waals surface area (Å²) in [6.07, 6.45) is 0. The van der Waals surface area contributed by atoms with Gasteiger partial charge in [-0.05, 0) is 37.6 Å². The first-order valence-electron chi connectivity index (χ1n) is 8.99. The highest BCUT2D eigenvalue weighted by molar-refractivity contribution is 6.30. The van der Waals surface area contributed by atoms with E-state index in [9.17, 15) is 14.3 Å². The summed E-state index contributed by atoms with van der Waals surface area (Å²) in [5.74, 6) is -1.27. The largest absolute Gasteiger partial charge is 0.478 e. The Morgan fingerprint density at radius 1 is 1.07 bits per heavy atom. The first-order valence-corrected chi connectivity index (χ1v) is 9.36. The molecule has 4 nitrogen and oxygen atoms in total. The molecule has 0 radical (unpaired) electrons. The molecule has 0 aliphatic rings. The highest BCUT2D eigenvalue weighted by atomic mass is 35.5. The molecule has 1 aromatic heterocycles. The van der Waals surface area contributed by atoms with Crippen molar-refractivity contribution in [2.75, 3.05) is 0 Å². The number of carboxylic acids is 1. The Morgan fingerprint density at radius 3 is 2.39 bits per heavy atom. The average Bonchev–Trinajstić information content (AvgIpc) is 2.89. The third-order valence-corrected chi connectivity index (χ3v) is 5.21. The van der Waals surface area contributed by atoms with Gasteiger partial charge >= 0.3 is 5.97 Å². The Morgan fingerprint density at radius 2 is 1.75 bits per heavy atom. The lowest BCUT2D eigenvalue weighted by Crippen LogP contribution is -2.15. The lowest BCUT2D eigenvalue weighted by atomic mass is 10.1. The van der Waals surface area contributed by atoms with Gasteiger partial charge in [0.1, 0.15) is 5.82 Å². The maximum Gasteiger partial charge on any atom is 0.337 e. The zero-order valence-corrected chi connectivity index (χ0v) is 16.6. The number of nitrogens with one attached hydrogen (secondary N) is 1. The maximum atomic E-state index is 14.1. The van der Waals surface area contributed by atoms with Crippen LogP contribution in [-0.4, -0.2) is 15.6 Å². The fourth-order valence-corrected chi connectivity index (χ4v) is 3.54. The first kappa shape index (κ1) is 20.1. The standard InChI is InChI=1S/C22H22ClFN2O2/c1-14-19(12-25-11-16-7-9-18(23)10-8-16)21(22(27)28)15(2)26(14)13-17-5-3-4-6-20(17)24/h3-10,25H,11-13H2,1-2H3,(H,27,28). The molecule has 2 N–H and O–H groups in total. The van der Waals surface area contributed by atoms with Crippen LogP contribution < -0.4 is 5.32 Å². The predicted molar refractivity (Wildman–Crippen MR) is 108 cm³/mol. The number of hydrogen-bond acceptors (Lipinski definition) is 2. The van der Waals surface area contributed by atoms with E-state index in [2.05, 4.69) is 5.32 Å². The van der Waals surface area contributed by atoms with Gasteiger partial charge < -0.3 is 15.0 Å². The van der Waals surface area contributed by atoms with Crippen LogP contribution in [0.25, 0.3) is 0 Å². The van der Waals surface area contributed by atoms with Crippen LogP contribution >= 0.6 is 11.6 Å². The summed E-state index contributed by atoms with van der Waals surface area (Å²) in [5, 5.41) is 13.7. The number of carbonyl (C=O) groups is 1. The molecule has 3 rings (SSSR count). The highest BCUT2D eigenvalue weighted by Gasteiger charge is 2.22. The number of benzene rings is 2. The lowest BCUT2D eigenvalue weighted by Gasteiger charge is -2.11. The lowest BCUT2D eigenvalue weighted by molar-refractivity contribution is 0.0694. The van der Waals surface area contributed by atoms with Crippen LogP contribution in [0.4, 0.5) is 4.39 Å². The second kappa shape index (κ2) is 8.59. The predicted octanol–water partition coefficient (Wildman–Crippen LogP) is 4.93. The number of halogens is 2.